The fraction of sp³-hybridized carbons (Fsp3) is 0.0714. The van der Waals surface area contributed by atoms with Gasteiger partial charge in [0.2, 0.25) is 5.82 Å². The quantitative estimate of drug-likeness (QED) is 0.695. The Morgan fingerprint density at radius 2 is 1.86 bits per heavy atom. The van der Waals surface area contributed by atoms with Crippen molar-refractivity contribution >= 4 is 17.3 Å². The van der Waals surface area contributed by atoms with Crippen LogP contribution in [0.2, 0.25) is 0 Å². The van der Waals surface area contributed by atoms with Crippen molar-refractivity contribution in [3.8, 4) is 0 Å². The number of halogens is 2. The number of hydrogen-bond acceptors (Lipinski definition) is 3. The Balaban J connectivity index is 2.25. The van der Waals surface area contributed by atoms with Crippen molar-refractivity contribution in [3.05, 3.63) is 69.3 Å². The molecule has 0 bridgehead atoms. The number of rotatable bonds is 3. The minimum Gasteiger partial charge on any atom is -0.322 e. The van der Waals surface area contributed by atoms with Crippen molar-refractivity contribution in [2.24, 2.45) is 0 Å². The van der Waals surface area contributed by atoms with Crippen LogP contribution in [-0.2, 0) is 0 Å². The van der Waals surface area contributed by atoms with Crippen LogP contribution < -0.4 is 5.32 Å². The molecule has 0 spiro atoms. The van der Waals surface area contributed by atoms with Crippen LogP contribution in [0.4, 0.5) is 20.2 Å². The second-order valence-corrected chi connectivity index (χ2v) is 4.34. The molecular weight excluding hydrogens is 282 g/mol. The van der Waals surface area contributed by atoms with E-state index >= 15 is 0 Å². The Labute approximate surface area is 118 Å². The molecular formula is C14H10F2N2O3. The summed E-state index contributed by atoms with van der Waals surface area (Å²) in [5.41, 5.74) is -0.244. The van der Waals surface area contributed by atoms with E-state index in [9.17, 15) is 23.7 Å². The molecule has 0 aliphatic carbocycles. The first-order chi connectivity index (χ1) is 9.88. The molecule has 0 saturated heterocycles. The molecule has 21 heavy (non-hydrogen) atoms. The van der Waals surface area contributed by atoms with Gasteiger partial charge in [0.1, 0.15) is 5.82 Å². The van der Waals surface area contributed by atoms with Gasteiger partial charge >= 0.3 is 5.69 Å². The molecule has 0 heterocycles. The number of amides is 1. The normalized spacial score (nSPS) is 10.2. The maximum atomic E-state index is 13.4. The number of nitrogens with one attached hydrogen (secondary N) is 1. The summed E-state index contributed by atoms with van der Waals surface area (Å²) in [6, 6.07) is 6.89. The zero-order valence-corrected chi connectivity index (χ0v) is 10.9. The molecule has 5 nitrogen and oxygen atoms in total. The van der Waals surface area contributed by atoms with Gasteiger partial charge in [-0.1, -0.05) is 6.07 Å². The van der Waals surface area contributed by atoms with E-state index < -0.39 is 28.2 Å². The van der Waals surface area contributed by atoms with E-state index in [1.165, 1.54) is 18.2 Å². The van der Waals surface area contributed by atoms with Crippen LogP contribution in [0, 0.1) is 28.7 Å². The van der Waals surface area contributed by atoms with Crippen LogP contribution in [0.1, 0.15) is 15.9 Å². The molecule has 0 fully saturated rings. The van der Waals surface area contributed by atoms with E-state index in [2.05, 4.69) is 5.32 Å². The maximum Gasteiger partial charge on any atom is 0.306 e. The van der Waals surface area contributed by atoms with Gasteiger partial charge in [-0.15, -0.1) is 0 Å². The zero-order valence-electron chi connectivity index (χ0n) is 10.9. The summed E-state index contributed by atoms with van der Waals surface area (Å²) in [5.74, 6) is -2.18. The molecule has 0 radical (unpaired) electrons. The second kappa shape index (κ2) is 5.66. The fourth-order valence-electron chi connectivity index (χ4n) is 1.67. The largest absolute Gasteiger partial charge is 0.322 e. The summed E-state index contributed by atoms with van der Waals surface area (Å²) in [5, 5.41) is 13.0. The molecule has 0 aliphatic heterocycles. The van der Waals surface area contributed by atoms with Crippen LogP contribution in [0.5, 0.6) is 0 Å². The number of nitro groups is 1. The minimum atomic E-state index is -1.00. The molecule has 7 heteroatoms. The van der Waals surface area contributed by atoms with E-state index in [1.54, 1.807) is 6.92 Å². The van der Waals surface area contributed by atoms with Crippen molar-refractivity contribution in [2.75, 3.05) is 5.32 Å². The van der Waals surface area contributed by atoms with Crippen LogP contribution in [0.3, 0.4) is 0 Å². The van der Waals surface area contributed by atoms with Gasteiger partial charge in [-0.2, -0.15) is 4.39 Å². The monoisotopic (exact) mass is 292 g/mol. The van der Waals surface area contributed by atoms with Gasteiger partial charge in [-0.05, 0) is 36.8 Å². The maximum absolute atomic E-state index is 13.4. The Hall–Kier alpha value is -2.83. The van der Waals surface area contributed by atoms with Crippen molar-refractivity contribution in [3.63, 3.8) is 0 Å². The number of nitrogens with zero attached hydrogens (tertiary/aromatic N) is 1. The third kappa shape index (κ3) is 3.19. The highest BCUT2D eigenvalue weighted by molar-refractivity contribution is 6.04. The molecule has 1 N–H and O–H groups in total. The first-order valence-corrected chi connectivity index (χ1v) is 5.90. The Bertz CT molecular complexity index is 732. The van der Waals surface area contributed by atoms with Crippen molar-refractivity contribution in [1.29, 1.82) is 0 Å². The van der Waals surface area contributed by atoms with Crippen LogP contribution in [0.15, 0.2) is 36.4 Å². The number of carbonyl (C=O) groups excluding carboxylic acids is 1. The third-order valence-electron chi connectivity index (χ3n) is 2.83. The van der Waals surface area contributed by atoms with Gasteiger partial charge < -0.3 is 5.32 Å². The smallest absolute Gasteiger partial charge is 0.306 e. The average molecular weight is 292 g/mol. The third-order valence-corrected chi connectivity index (χ3v) is 2.83. The topological polar surface area (TPSA) is 72.2 Å². The summed E-state index contributed by atoms with van der Waals surface area (Å²) in [6.07, 6.45) is 0. The number of nitro benzene ring substituents is 1. The summed E-state index contributed by atoms with van der Waals surface area (Å²) in [7, 11) is 0. The van der Waals surface area contributed by atoms with Gasteiger partial charge in [0.05, 0.1) is 4.92 Å². The van der Waals surface area contributed by atoms with Gasteiger partial charge in [-0.3, -0.25) is 14.9 Å². The van der Waals surface area contributed by atoms with E-state index in [0.29, 0.717) is 5.56 Å². The van der Waals surface area contributed by atoms with E-state index in [0.717, 1.165) is 18.2 Å². The second-order valence-electron chi connectivity index (χ2n) is 4.34. The number of hydrogen-bond donors (Lipinski definition) is 1. The van der Waals surface area contributed by atoms with Gasteiger partial charge in [-0.25, -0.2) is 4.39 Å². The molecule has 0 atom stereocenters. The molecule has 2 rings (SSSR count). The Kier molecular flexibility index (Phi) is 3.93. The molecule has 108 valence electrons. The molecule has 2 aromatic carbocycles. The highest BCUT2D eigenvalue weighted by Crippen LogP contribution is 2.22. The summed E-state index contributed by atoms with van der Waals surface area (Å²) < 4.78 is 26.6. The summed E-state index contributed by atoms with van der Waals surface area (Å²) in [4.78, 5) is 21.6. The lowest BCUT2D eigenvalue weighted by atomic mass is 10.1. The molecule has 0 saturated carbocycles. The first-order valence-electron chi connectivity index (χ1n) is 5.90. The number of aryl methyl sites for hydroxylation is 1. The molecule has 0 unspecified atom stereocenters. The molecule has 0 aromatic heterocycles. The lowest BCUT2D eigenvalue weighted by Gasteiger charge is -2.06. The van der Waals surface area contributed by atoms with Crippen molar-refractivity contribution in [1.82, 2.24) is 0 Å². The highest BCUT2D eigenvalue weighted by atomic mass is 19.1. The Morgan fingerprint density at radius 3 is 2.48 bits per heavy atom. The van der Waals surface area contributed by atoms with E-state index in [4.69, 9.17) is 0 Å². The van der Waals surface area contributed by atoms with Crippen LogP contribution in [0.25, 0.3) is 0 Å². The van der Waals surface area contributed by atoms with Crippen molar-refractivity contribution in [2.45, 2.75) is 6.92 Å². The minimum absolute atomic E-state index is 0.0501. The summed E-state index contributed by atoms with van der Waals surface area (Å²) >= 11 is 0. The van der Waals surface area contributed by atoms with E-state index in [-0.39, 0.29) is 11.3 Å². The number of carbonyl (C=O) groups is 1. The predicted molar refractivity (Wildman–Crippen MR) is 72.1 cm³/mol. The zero-order chi connectivity index (χ0) is 15.6. The van der Waals surface area contributed by atoms with Crippen LogP contribution >= 0.6 is 0 Å². The average Bonchev–Trinajstić information content (AvgIpc) is 2.43. The van der Waals surface area contributed by atoms with E-state index in [1.807, 2.05) is 0 Å². The number of benzene rings is 2. The predicted octanol–water partition coefficient (Wildman–Crippen LogP) is 3.43. The lowest BCUT2D eigenvalue weighted by Crippen LogP contribution is -2.12. The van der Waals surface area contributed by atoms with Gasteiger partial charge in [0.25, 0.3) is 5.91 Å². The van der Waals surface area contributed by atoms with Gasteiger partial charge in [0.15, 0.2) is 0 Å². The SMILES string of the molecule is Cc1ccc(C(=O)Nc2ccc(F)c([N+](=O)[O-])c2)cc1F. The van der Waals surface area contributed by atoms with Gasteiger partial charge in [0, 0.05) is 17.3 Å². The standard InChI is InChI=1S/C14H10F2N2O3/c1-8-2-3-9(6-12(8)16)14(19)17-10-4-5-11(15)13(7-10)18(20)21/h2-7H,1H3,(H,17,19). The Morgan fingerprint density at radius 1 is 1.14 bits per heavy atom. The molecule has 1 amide bonds. The fourth-order valence-corrected chi connectivity index (χ4v) is 1.67. The lowest BCUT2D eigenvalue weighted by molar-refractivity contribution is -0.387. The molecule has 0 aliphatic rings. The summed E-state index contributed by atoms with van der Waals surface area (Å²) in [6.45, 7) is 1.56. The van der Waals surface area contributed by atoms with Crippen LogP contribution in [-0.4, -0.2) is 10.8 Å². The first kappa shape index (κ1) is 14.6. The molecule has 2 aromatic rings. The number of anilines is 1. The van der Waals surface area contributed by atoms with Crippen molar-refractivity contribution < 1.29 is 18.5 Å². The highest BCUT2D eigenvalue weighted by Gasteiger charge is 2.16.